The zero-order valence-electron chi connectivity index (χ0n) is 13.1. The topological polar surface area (TPSA) is 35.5 Å². The standard InChI is InChI=1S/C18H19BO3/c1-4-18(2,17(20)21-3)22-19-15-11-7-5-9-13(15)14-10-6-8-12-16(14)19/h5-12H,4H2,1-3H3/t18-/m0/s1. The Morgan fingerprint density at radius 2 is 1.55 bits per heavy atom. The van der Waals surface area contributed by atoms with Crippen LogP contribution in [-0.4, -0.2) is 25.6 Å². The van der Waals surface area contributed by atoms with Gasteiger partial charge in [-0.05, 0) is 35.4 Å². The fraction of sp³-hybridized carbons (Fsp3) is 0.278. The van der Waals surface area contributed by atoms with E-state index in [2.05, 4.69) is 24.3 Å². The summed E-state index contributed by atoms with van der Waals surface area (Å²) in [5, 5.41) is 0. The number of methoxy groups -OCH3 is 1. The van der Waals surface area contributed by atoms with Crippen LogP contribution in [0, 0.1) is 0 Å². The Balaban J connectivity index is 2.06. The van der Waals surface area contributed by atoms with Crippen LogP contribution in [0.15, 0.2) is 48.5 Å². The average molecular weight is 294 g/mol. The van der Waals surface area contributed by atoms with Gasteiger partial charge < -0.3 is 9.39 Å². The van der Waals surface area contributed by atoms with Crippen LogP contribution < -0.4 is 10.9 Å². The summed E-state index contributed by atoms with van der Waals surface area (Å²) in [7, 11) is 1.40. The van der Waals surface area contributed by atoms with E-state index in [0.717, 1.165) is 10.9 Å². The molecule has 0 saturated carbocycles. The minimum Gasteiger partial charge on any atom is -0.467 e. The van der Waals surface area contributed by atoms with E-state index in [4.69, 9.17) is 9.39 Å². The van der Waals surface area contributed by atoms with Gasteiger partial charge in [0, 0.05) is 0 Å². The maximum atomic E-state index is 12.1. The molecule has 0 bridgehead atoms. The van der Waals surface area contributed by atoms with Gasteiger partial charge in [-0.1, -0.05) is 55.5 Å². The lowest BCUT2D eigenvalue weighted by Crippen LogP contribution is -2.51. The average Bonchev–Trinajstić information content (AvgIpc) is 2.88. The smallest absolute Gasteiger partial charge is 0.363 e. The minimum atomic E-state index is -0.954. The molecule has 0 aromatic heterocycles. The molecule has 1 aliphatic rings. The van der Waals surface area contributed by atoms with Crippen LogP contribution in [0.4, 0.5) is 0 Å². The first-order valence-electron chi connectivity index (χ1n) is 7.55. The van der Waals surface area contributed by atoms with Crippen LogP contribution in [0.5, 0.6) is 0 Å². The number of carbonyl (C=O) groups is 1. The van der Waals surface area contributed by atoms with Crippen LogP contribution >= 0.6 is 0 Å². The van der Waals surface area contributed by atoms with Gasteiger partial charge in [-0.15, -0.1) is 0 Å². The van der Waals surface area contributed by atoms with Gasteiger partial charge in [0.15, 0.2) is 0 Å². The second-order valence-corrected chi connectivity index (χ2v) is 5.75. The number of carbonyl (C=O) groups excluding carboxylic acids is 1. The Hall–Kier alpha value is -2.07. The van der Waals surface area contributed by atoms with Gasteiger partial charge in [0.2, 0.25) is 0 Å². The highest BCUT2D eigenvalue weighted by Crippen LogP contribution is 2.26. The maximum Gasteiger partial charge on any atom is 0.363 e. The van der Waals surface area contributed by atoms with Crippen molar-refractivity contribution in [1.82, 2.24) is 0 Å². The molecule has 1 heterocycles. The molecule has 0 amide bonds. The zero-order valence-corrected chi connectivity index (χ0v) is 13.1. The van der Waals surface area contributed by atoms with E-state index in [1.165, 1.54) is 18.2 Å². The van der Waals surface area contributed by atoms with Crippen molar-refractivity contribution in [2.24, 2.45) is 0 Å². The third-order valence-corrected chi connectivity index (χ3v) is 4.45. The Bertz CT molecular complexity index is 667. The van der Waals surface area contributed by atoms with Gasteiger partial charge >= 0.3 is 12.9 Å². The van der Waals surface area contributed by atoms with Crippen LogP contribution in [0.3, 0.4) is 0 Å². The summed E-state index contributed by atoms with van der Waals surface area (Å²) in [5.41, 5.74) is 3.60. The van der Waals surface area contributed by atoms with Crippen LogP contribution in [0.25, 0.3) is 11.1 Å². The molecule has 2 aromatic rings. The molecule has 3 nitrogen and oxygen atoms in total. The van der Waals surface area contributed by atoms with E-state index in [0.29, 0.717) is 6.42 Å². The van der Waals surface area contributed by atoms with Gasteiger partial charge in [-0.25, -0.2) is 4.79 Å². The number of rotatable bonds is 4. The van der Waals surface area contributed by atoms with Crippen LogP contribution in [0.1, 0.15) is 20.3 Å². The molecule has 0 unspecified atom stereocenters. The molecule has 22 heavy (non-hydrogen) atoms. The summed E-state index contributed by atoms with van der Waals surface area (Å²) in [6, 6.07) is 16.4. The third kappa shape index (κ3) is 2.24. The Labute approximate surface area is 131 Å². The largest absolute Gasteiger partial charge is 0.467 e. The highest BCUT2D eigenvalue weighted by atomic mass is 16.6. The second kappa shape index (κ2) is 5.62. The highest BCUT2D eigenvalue weighted by molar-refractivity contribution is 6.85. The van der Waals surface area contributed by atoms with E-state index in [9.17, 15) is 4.79 Å². The van der Waals surface area contributed by atoms with E-state index in [-0.39, 0.29) is 12.9 Å². The molecule has 112 valence electrons. The SMILES string of the molecule is CC[C@](C)(OB1c2ccccc2-c2ccccc21)C(=O)OC. The molecule has 0 saturated heterocycles. The van der Waals surface area contributed by atoms with E-state index < -0.39 is 5.60 Å². The van der Waals surface area contributed by atoms with E-state index >= 15 is 0 Å². The van der Waals surface area contributed by atoms with Gasteiger partial charge in [0.25, 0.3) is 0 Å². The lowest BCUT2D eigenvalue weighted by Gasteiger charge is -2.29. The summed E-state index contributed by atoms with van der Waals surface area (Å²) in [6.45, 7) is 3.49. The van der Waals surface area contributed by atoms with Gasteiger partial charge in [0.1, 0.15) is 5.60 Å². The van der Waals surface area contributed by atoms with Crippen molar-refractivity contribution in [3.05, 3.63) is 48.5 Å². The first-order valence-corrected chi connectivity index (χ1v) is 7.55. The van der Waals surface area contributed by atoms with E-state index in [1.54, 1.807) is 6.92 Å². The van der Waals surface area contributed by atoms with Crippen molar-refractivity contribution in [1.29, 1.82) is 0 Å². The number of benzene rings is 2. The number of fused-ring (bicyclic) bond motifs is 3. The molecule has 2 aromatic carbocycles. The monoisotopic (exact) mass is 294 g/mol. The summed E-state index contributed by atoms with van der Waals surface area (Å²) in [6.07, 6.45) is 0.556. The molecular formula is C18H19BO3. The first kappa shape index (κ1) is 14.9. The second-order valence-electron chi connectivity index (χ2n) is 5.75. The number of esters is 1. The fourth-order valence-corrected chi connectivity index (χ4v) is 2.99. The Morgan fingerprint density at radius 1 is 1.05 bits per heavy atom. The zero-order chi connectivity index (χ0) is 15.7. The van der Waals surface area contributed by atoms with E-state index in [1.807, 2.05) is 31.2 Å². The normalized spacial score (nSPS) is 15.0. The molecule has 3 rings (SSSR count). The van der Waals surface area contributed by atoms with Crippen molar-refractivity contribution >= 4 is 23.8 Å². The maximum absolute atomic E-state index is 12.1. The summed E-state index contributed by atoms with van der Waals surface area (Å²) >= 11 is 0. The van der Waals surface area contributed by atoms with Gasteiger partial charge in [-0.2, -0.15) is 0 Å². The molecule has 0 spiro atoms. The molecule has 0 fully saturated rings. The Morgan fingerprint density at radius 3 is 2.00 bits per heavy atom. The summed E-state index contributed by atoms with van der Waals surface area (Å²) in [4.78, 5) is 12.1. The van der Waals surface area contributed by atoms with Gasteiger partial charge in [-0.3, -0.25) is 0 Å². The number of hydrogen-bond acceptors (Lipinski definition) is 3. The van der Waals surface area contributed by atoms with Crippen molar-refractivity contribution in [2.75, 3.05) is 7.11 Å². The summed E-state index contributed by atoms with van der Waals surface area (Å²) < 4.78 is 11.2. The molecule has 0 N–H and O–H groups in total. The highest BCUT2D eigenvalue weighted by Gasteiger charge is 2.42. The molecule has 1 aliphatic heterocycles. The molecule has 4 heteroatoms. The third-order valence-electron chi connectivity index (χ3n) is 4.45. The predicted octanol–water partition coefficient (Wildman–Crippen LogP) is 2.13. The number of hydrogen-bond donors (Lipinski definition) is 0. The van der Waals surface area contributed by atoms with Crippen molar-refractivity contribution < 1.29 is 14.2 Å². The quantitative estimate of drug-likeness (QED) is 0.640. The minimum absolute atomic E-state index is 0.239. The van der Waals surface area contributed by atoms with Crippen molar-refractivity contribution in [3.8, 4) is 11.1 Å². The van der Waals surface area contributed by atoms with Crippen molar-refractivity contribution in [3.63, 3.8) is 0 Å². The first-order chi connectivity index (χ1) is 10.6. The molecular weight excluding hydrogens is 275 g/mol. The number of ether oxygens (including phenoxy) is 1. The summed E-state index contributed by atoms with van der Waals surface area (Å²) in [5.74, 6) is -0.336. The predicted molar refractivity (Wildman–Crippen MR) is 88.7 cm³/mol. The van der Waals surface area contributed by atoms with Gasteiger partial charge in [0.05, 0.1) is 7.11 Å². The Kier molecular flexibility index (Phi) is 3.79. The van der Waals surface area contributed by atoms with Crippen molar-refractivity contribution in [2.45, 2.75) is 25.9 Å². The fourth-order valence-electron chi connectivity index (χ4n) is 2.99. The lowest BCUT2D eigenvalue weighted by molar-refractivity contribution is -0.158. The molecule has 1 atom stereocenters. The lowest BCUT2D eigenvalue weighted by atomic mass is 9.58. The molecule has 0 aliphatic carbocycles. The molecule has 0 radical (unpaired) electrons. The van der Waals surface area contributed by atoms with Crippen LogP contribution in [0.2, 0.25) is 0 Å². The van der Waals surface area contributed by atoms with Crippen LogP contribution in [-0.2, 0) is 14.2 Å².